The van der Waals surface area contributed by atoms with E-state index < -0.39 is 0 Å². The van der Waals surface area contributed by atoms with Gasteiger partial charge in [0.15, 0.2) is 0 Å². The minimum atomic E-state index is 0.629. The van der Waals surface area contributed by atoms with Crippen LogP contribution in [-0.2, 0) is 6.54 Å². The number of nitrogens with zero attached hydrogens (tertiary/aromatic N) is 2. The zero-order chi connectivity index (χ0) is 13.5. The maximum Gasteiger partial charge on any atom is 0.0706 e. The normalized spacial score (nSPS) is 30.1. The maximum atomic E-state index is 4.41. The molecule has 2 heterocycles. The lowest BCUT2D eigenvalue weighted by Gasteiger charge is -2.28. The number of pyridine rings is 1. The molecule has 2 aromatic heterocycles. The van der Waals surface area contributed by atoms with Crippen LogP contribution in [0.15, 0.2) is 30.6 Å². The summed E-state index contributed by atoms with van der Waals surface area (Å²) in [7, 11) is 0. The molecule has 2 saturated carbocycles. The van der Waals surface area contributed by atoms with Gasteiger partial charge in [0.2, 0.25) is 0 Å². The van der Waals surface area contributed by atoms with Crippen molar-refractivity contribution in [3.8, 4) is 0 Å². The first-order chi connectivity index (χ1) is 9.81. The van der Waals surface area contributed by atoms with Crippen LogP contribution < -0.4 is 5.32 Å². The summed E-state index contributed by atoms with van der Waals surface area (Å²) in [6.45, 7) is 3.31. The highest BCUT2D eigenvalue weighted by atomic mass is 15.2. The van der Waals surface area contributed by atoms with Gasteiger partial charge >= 0.3 is 0 Å². The Morgan fingerprint density at radius 3 is 3.10 bits per heavy atom. The fraction of sp³-hybridized carbons (Fsp3) is 0.588. The molecule has 0 aliphatic heterocycles. The number of rotatable bonds is 4. The first-order valence-corrected chi connectivity index (χ1v) is 7.96. The lowest BCUT2D eigenvalue weighted by Crippen LogP contribution is -2.35. The third-order valence-electron chi connectivity index (χ3n) is 5.56. The summed E-state index contributed by atoms with van der Waals surface area (Å²) < 4.78 is 1.96. The van der Waals surface area contributed by atoms with Gasteiger partial charge in [-0.1, -0.05) is 12.5 Å². The number of nitrogens with one attached hydrogen (secondary N) is 1. The second-order valence-corrected chi connectivity index (χ2v) is 6.71. The second kappa shape index (κ2) is 4.88. The molecule has 1 N–H and O–H groups in total. The van der Waals surface area contributed by atoms with E-state index in [0.29, 0.717) is 6.04 Å². The minimum Gasteiger partial charge on any atom is -0.310 e. The first kappa shape index (κ1) is 12.4. The summed E-state index contributed by atoms with van der Waals surface area (Å²) in [5.74, 6) is 2.92. The summed E-state index contributed by atoms with van der Waals surface area (Å²) in [6.07, 6.45) is 9.91. The second-order valence-electron chi connectivity index (χ2n) is 6.71. The Kier molecular flexibility index (Phi) is 3.03. The molecule has 3 heteroatoms. The Morgan fingerprint density at radius 2 is 2.30 bits per heavy atom. The van der Waals surface area contributed by atoms with Crippen molar-refractivity contribution in [3.05, 3.63) is 36.2 Å². The zero-order valence-corrected chi connectivity index (χ0v) is 12.1. The van der Waals surface area contributed by atoms with Crippen LogP contribution in [0.25, 0.3) is 5.52 Å². The lowest BCUT2D eigenvalue weighted by atomic mass is 9.84. The highest BCUT2D eigenvalue weighted by Gasteiger charge is 2.41. The van der Waals surface area contributed by atoms with Crippen LogP contribution >= 0.6 is 0 Å². The van der Waals surface area contributed by atoms with Gasteiger partial charge in [0.05, 0.1) is 11.7 Å². The van der Waals surface area contributed by atoms with Gasteiger partial charge in [-0.2, -0.15) is 5.10 Å². The first-order valence-electron chi connectivity index (χ1n) is 7.96. The van der Waals surface area contributed by atoms with Gasteiger partial charge < -0.3 is 5.32 Å². The smallest absolute Gasteiger partial charge is 0.0706 e. The molecule has 20 heavy (non-hydrogen) atoms. The predicted molar refractivity (Wildman–Crippen MR) is 80.4 cm³/mol. The SMILES string of the molecule is CC(NCc1cnn2ccccc12)C1CC2CCC1C2. The maximum absolute atomic E-state index is 4.41. The molecular formula is C17H23N3. The van der Waals surface area contributed by atoms with Crippen LogP contribution in [0.3, 0.4) is 0 Å². The fourth-order valence-electron chi connectivity index (χ4n) is 4.45. The third kappa shape index (κ3) is 2.05. The van der Waals surface area contributed by atoms with Crippen LogP contribution in [0.1, 0.15) is 38.2 Å². The molecule has 2 aliphatic carbocycles. The van der Waals surface area contributed by atoms with Crippen molar-refractivity contribution in [3.63, 3.8) is 0 Å². The molecular weight excluding hydrogens is 246 g/mol. The van der Waals surface area contributed by atoms with Crippen molar-refractivity contribution in [1.29, 1.82) is 0 Å². The van der Waals surface area contributed by atoms with E-state index in [1.165, 1.54) is 36.8 Å². The largest absolute Gasteiger partial charge is 0.310 e. The van der Waals surface area contributed by atoms with Crippen molar-refractivity contribution in [2.75, 3.05) is 0 Å². The summed E-state index contributed by atoms with van der Waals surface area (Å²) in [4.78, 5) is 0. The summed E-state index contributed by atoms with van der Waals surface area (Å²) in [6, 6.07) is 6.88. The van der Waals surface area contributed by atoms with E-state index in [1.807, 2.05) is 23.0 Å². The summed E-state index contributed by atoms with van der Waals surface area (Å²) in [5, 5.41) is 8.16. The van der Waals surface area contributed by atoms with E-state index in [0.717, 1.165) is 24.3 Å². The monoisotopic (exact) mass is 269 g/mol. The van der Waals surface area contributed by atoms with Gasteiger partial charge in [-0.25, -0.2) is 4.52 Å². The van der Waals surface area contributed by atoms with Crippen molar-refractivity contribution in [1.82, 2.24) is 14.9 Å². The molecule has 106 valence electrons. The third-order valence-corrected chi connectivity index (χ3v) is 5.56. The highest BCUT2D eigenvalue weighted by molar-refractivity contribution is 5.53. The molecule has 2 bridgehead atoms. The van der Waals surface area contributed by atoms with E-state index in [9.17, 15) is 0 Å². The molecule has 0 spiro atoms. The van der Waals surface area contributed by atoms with E-state index >= 15 is 0 Å². The molecule has 0 amide bonds. The lowest BCUT2D eigenvalue weighted by molar-refractivity contribution is 0.259. The molecule has 2 aromatic rings. The Bertz CT molecular complexity index is 603. The number of hydrogen-bond acceptors (Lipinski definition) is 2. The molecule has 3 nitrogen and oxygen atoms in total. The van der Waals surface area contributed by atoms with Crippen LogP contribution in [0.4, 0.5) is 0 Å². The van der Waals surface area contributed by atoms with Crippen LogP contribution in [-0.4, -0.2) is 15.7 Å². The van der Waals surface area contributed by atoms with E-state index in [4.69, 9.17) is 0 Å². The molecule has 4 rings (SSSR count). The predicted octanol–water partition coefficient (Wildman–Crippen LogP) is 3.25. The Hall–Kier alpha value is -1.35. The van der Waals surface area contributed by atoms with Gasteiger partial charge in [0.25, 0.3) is 0 Å². The topological polar surface area (TPSA) is 29.3 Å². The minimum absolute atomic E-state index is 0.629. The molecule has 2 aliphatic rings. The number of hydrogen-bond donors (Lipinski definition) is 1. The van der Waals surface area contributed by atoms with Crippen molar-refractivity contribution in [2.24, 2.45) is 17.8 Å². The highest BCUT2D eigenvalue weighted by Crippen LogP contribution is 2.49. The average Bonchev–Trinajstić information content (AvgIpc) is 3.19. The van der Waals surface area contributed by atoms with Crippen molar-refractivity contribution < 1.29 is 0 Å². The van der Waals surface area contributed by atoms with Gasteiger partial charge in [0, 0.05) is 24.3 Å². The van der Waals surface area contributed by atoms with Crippen molar-refractivity contribution >= 4 is 5.52 Å². The fourth-order valence-corrected chi connectivity index (χ4v) is 4.45. The molecule has 4 unspecified atom stereocenters. The molecule has 0 aromatic carbocycles. The van der Waals surface area contributed by atoms with Crippen LogP contribution in [0.5, 0.6) is 0 Å². The molecule has 0 saturated heterocycles. The number of aromatic nitrogens is 2. The Labute approximate surface area is 120 Å². The Balaban J connectivity index is 1.42. The van der Waals surface area contributed by atoms with Crippen LogP contribution in [0.2, 0.25) is 0 Å². The quantitative estimate of drug-likeness (QED) is 0.923. The van der Waals surface area contributed by atoms with Gasteiger partial charge in [-0.15, -0.1) is 0 Å². The standard InChI is InChI=1S/C17H23N3/c1-12(16-9-13-5-6-14(16)8-13)18-10-15-11-19-20-7-3-2-4-17(15)20/h2-4,7,11-14,16,18H,5-6,8-10H2,1H3. The summed E-state index contributed by atoms with van der Waals surface area (Å²) in [5.41, 5.74) is 2.53. The van der Waals surface area contributed by atoms with Gasteiger partial charge in [0.1, 0.15) is 0 Å². The van der Waals surface area contributed by atoms with E-state index in [-0.39, 0.29) is 0 Å². The van der Waals surface area contributed by atoms with E-state index in [1.54, 1.807) is 0 Å². The Morgan fingerprint density at radius 1 is 1.35 bits per heavy atom. The van der Waals surface area contributed by atoms with Crippen molar-refractivity contribution in [2.45, 2.75) is 45.2 Å². The molecule has 0 radical (unpaired) electrons. The zero-order valence-electron chi connectivity index (χ0n) is 12.1. The summed E-state index contributed by atoms with van der Waals surface area (Å²) >= 11 is 0. The van der Waals surface area contributed by atoms with E-state index in [2.05, 4.69) is 29.5 Å². The average molecular weight is 269 g/mol. The molecule has 2 fully saturated rings. The van der Waals surface area contributed by atoms with Gasteiger partial charge in [-0.05, 0) is 56.1 Å². The molecule has 4 atom stereocenters. The number of fused-ring (bicyclic) bond motifs is 3. The van der Waals surface area contributed by atoms with Crippen LogP contribution in [0, 0.1) is 17.8 Å². The van der Waals surface area contributed by atoms with Gasteiger partial charge in [-0.3, -0.25) is 0 Å².